The van der Waals surface area contributed by atoms with E-state index in [4.69, 9.17) is 4.74 Å². The lowest BCUT2D eigenvalue weighted by Crippen LogP contribution is -2.46. The molecule has 0 atom stereocenters. The highest BCUT2D eigenvalue weighted by atomic mass is 19.4. The lowest BCUT2D eigenvalue weighted by atomic mass is 9.68. The Labute approximate surface area is 213 Å². The van der Waals surface area contributed by atoms with Crippen molar-refractivity contribution in [3.8, 4) is 5.75 Å². The van der Waals surface area contributed by atoms with Crippen LogP contribution >= 0.6 is 0 Å². The molecule has 37 heavy (non-hydrogen) atoms. The molecule has 0 bridgehead atoms. The van der Waals surface area contributed by atoms with E-state index in [-0.39, 0.29) is 24.7 Å². The van der Waals surface area contributed by atoms with Crippen LogP contribution in [0.15, 0.2) is 42.5 Å². The highest BCUT2D eigenvalue weighted by molar-refractivity contribution is 5.47. The van der Waals surface area contributed by atoms with Crippen molar-refractivity contribution in [3.63, 3.8) is 0 Å². The molecule has 3 nitrogen and oxygen atoms in total. The van der Waals surface area contributed by atoms with Crippen LogP contribution in [0.1, 0.15) is 67.2 Å². The number of rotatable bonds is 7. The van der Waals surface area contributed by atoms with Crippen molar-refractivity contribution in [2.24, 2.45) is 0 Å². The van der Waals surface area contributed by atoms with Crippen molar-refractivity contribution in [1.82, 2.24) is 4.90 Å². The number of alkyl halides is 6. The summed E-state index contributed by atoms with van der Waals surface area (Å²) in [5.41, 5.74) is -2.77. The van der Waals surface area contributed by atoms with Gasteiger partial charge in [-0.05, 0) is 81.3 Å². The van der Waals surface area contributed by atoms with Gasteiger partial charge in [-0.25, -0.2) is 0 Å². The topological polar surface area (TPSA) is 32.7 Å². The van der Waals surface area contributed by atoms with E-state index in [0.29, 0.717) is 24.9 Å². The number of aliphatic hydroxyl groups is 1. The Morgan fingerprint density at radius 1 is 0.892 bits per heavy atom. The lowest BCUT2D eigenvalue weighted by Gasteiger charge is -2.45. The molecule has 0 unspecified atom stereocenters. The molecule has 0 amide bonds. The molecule has 1 N–H and O–H groups in total. The van der Waals surface area contributed by atoms with Gasteiger partial charge in [-0.3, -0.25) is 0 Å². The Morgan fingerprint density at radius 2 is 1.54 bits per heavy atom. The molecule has 2 aromatic carbocycles. The van der Waals surface area contributed by atoms with Crippen molar-refractivity contribution >= 4 is 0 Å². The van der Waals surface area contributed by atoms with Gasteiger partial charge in [-0.2, -0.15) is 26.3 Å². The number of ether oxygens (including phenoxy) is 1. The Morgan fingerprint density at radius 3 is 2.11 bits per heavy atom. The number of aliphatic hydroxyl groups excluding tert-OH is 1. The van der Waals surface area contributed by atoms with Crippen molar-refractivity contribution in [3.05, 3.63) is 64.7 Å². The van der Waals surface area contributed by atoms with Gasteiger partial charge >= 0.3 is 12.4 Å². The first-order chi connectivity index (χ1) is 17.5. The number of likely N-dealkylation sites (tertiary alicyclic amines) is 1. The summed E-state index contributed by atoms with van der Waals surface area (Å²) in [4.78, 5) is 2.51. The van der Waals surface area contributed by atoms with Crippen LogP contribution in [0.3, 0.4) is 0 Å². The van der Waals surface area contributed by atoms with E-state index in [9.17, 15) is 31.4 Å². The van der Waals surface area contributed by atoms with Crippen LogP contribution in [0, 0.1) is 0 Å². The highest BCUT2D eigenvalue weighted by Gasteiger charge is 2.43. The molecule has 1 aliphatic carbocycles. The molecule has 0 spiro atoms. The summed E-state index contributed by atoms with van der Waals surface area (Å²) in [6, 6.07) is 10.7. The summed E-state index contributed by atoms with van der Waals surface area (Å²) in [6.45, 7) is 1.43. The van der Waals surface area contributed by atoms with E-state index in [2.05, 4.69) is 4.90 Å². The minimum atomic E-state index is -5.05. The largest absolute Gasteiger partial charge is 0.492 e. The van der Waals surface area contributed by atoms with E-state index < -0.39 is 41.3 Å². The summed E-state index contributed by atoms with van der Waals surface area (Å²) in [6.07, 6.45) is -3.65. The number of benzene rings is 2. The fourth-order valence-electron chi connectivity index (χ4n) is 5.86. The second-order valence-electron chi connectivity index (χ2n) is 10.2. The van der Waals surface area contributed by atoms with Gasteiger partial charge in [-0.15, -0.1) is 0 Å². The normalized spacial score (nSPS) is 23.7. The molecule has 1 heterocycles. The van der Waals surface area contributed by atoms with Crippen molar-refractivity contribution in [1.29, 1.82) is 0 Å². The zero-order valence-electron chi connectivity index (χ0n) is 20.7. The van der Waals surface area contributed by atoms with Gasteiger partial charge in [0.2, 0.25) is 0 Å². The monoisotopic (exact) mass is 529 g/mol. The standard InChI is InChI=1S/C28H33F6NO2/c29-27(30,31)22-17-20(11-16-36)25(24(18-22)28(32,33)34)37-19-26(21-7-3-1-4-8-21)12-9-23(10-13-26)35-14-5-2-6-15-35/h1,3-4,7-8,17-18,23,36H,2,5-6,9-16,19H2. The minimum Gasteiger partial charge on any atom is -0.492 e. The maximum absolute atomic E-state index is 14.0. The third-order valence-corrected chi connectivity index (χ3v) is 7.88. The molecule has 0 radical (unpaired) electrons. The summed E-state index contributed by atoms with van der Waals surface area (Å²) >= 11 is 0. The number of nitrogens with zero attached hydrogens (tertiary/aromatic N) is 1. The zero-order valence-corrected chi connectivity index (χ0v) is 20.7. The van der Waals surface area contributed by atoms with Gasteiger partial charge in [-0.1, -0.05) is 36.8 Å². The number of piperidine rings is 1. The van der Waals surface area contributed by atoms with E-state index in [1.165, 1.54) is 19.3 Å². The molecular formula is C28H33F6NO2. The first kappa shape index (κ1) is 27.8. The van der Waals surface area contributed by atoms with Crippen LogP contribution in [0.25, 0.3) is 0 Å². The summed E-state index contributed by atoms with van der Waals surface area (Å²) in [5, 5.41) is 9.41. The quantitative estimate of drug-likeness (QED) is 0.392. The molecule has 2 fully saturated rings. The Kier molecular flexibility index (Phi) is 8.43. The van der Waals surface area contributed by atoms with Gasteiger partial charge in [0.05, 0.1) is 17.7 Å². The fraction of sp³-hybridized carbons (Fsp3) is 0.571. The maximum Gasteiger partial charge on any atom is 0.419 e. The van der Waals surface area contributed by atoms with Crippen molar-refractivity contribution < 1.29 is 36.2 Å². The summed E-state index contributed by atoms with van der Waals surface area (Å²) < 4.78 is 87.9. The molecule has 0 aromatic heterocycles. The minimum absolute atomic E-state index is 0.0867. The predicted molar refractivity (Wildman–Crippen MR) is 129 cm³/mol. The van der Waals surface area contributed by atoms with E-state index in [1.807, 2.05) is 30.3 Å². The first-order valence-electron chi connectivity index (χ1n) is 12.9. The van der Waals surface area contributed by atoms with Crippen molar-refractivity contribution in [2.45, 2.75) is 75.2 Å². The third kappa shape index (κ3) is 6.42. The molecule has 4 rings (SSSR count). The molecule has 9 heteroatoms. The van der Waals surface area contributed by atoms with Crippen LogP contribution in [0.4, 0.5) is 26.3 Å². The predicted octanol–water partition coefficient (Wildman–Crippen LogP) is 7.00. The Balaban J connectivity index is 1.65. The van der Waals surface area contributed by atoms with Gasteiger partial charge in [0.15, 0.2) is 0 Å². The SMILES string of the molecule is OCCc1cc(C(F)(F)F)cc(C(F)(F)F)c1OCC1(c2ccccc2)CCC(N2CCCCC2)CC1. The number of hydrogen-bond donors (Lipinski definition) is 1. The molecule has 204 valence electrons. The summed E-state index contributed by atoms with van der Waals surface area (Å²) in [5.74, 6) is -0.622. The third-order valence-electron chi connectivity index (χ3n) is 7.88. The van der Waals surface area contributed by atoms with Crippen LogP contribution in [-0.2, 0) is 24.2 Å². The van der Waals surface area contributed by atoms with Crippen LogP contribution in [-0.4, -0.2) is 42.4 Å². The number of hydrogen-bond acceptors (Lipinski definition) is 3. The fourth-order valence-corrected chi connectivity index (χ4v) is 5.86. The average molecular weight is 530 g/mol. The molecule has 2 aliphatic rings. The first-order valence-corrected chi connectivity index (χ1v) is 12.9. The van der Waals surface area contributed by atoms with Gasteiger partial charge in [0, 0.05) is 18.1 Å². The van der Waals surface area contributed by atoms with E-state index in [1.54, 1.807) is 0 Å². The molecule has 2 aromatic rings. The second kappa shape index (κ2) is 11.2. The Hall–Kier alpha value is -2.26. The second-order valence-corrected chi connectivity index (χ2v) is 10.2. The smallest absolute Gasteiger partial charge is 0.419 e. The van der Waals surface area contributed by atoms with E-state index >= 15 is 0 Å². The van der Waals surface area contributed by atoms with Gasteiger partial charge < -0.3 is 14.7 Å². The van der Waals surface area contributed by atoms with E-state index in [0.717, 1.165) is 31.5 Å². The van der Waals surface area contributed by atoms with Crippen LogP contribution < -0.4 is 4.74 Å². The highest BCUT2D eigenvalue weighted by Crippen LogP contribution is 2.46. The van der Waals surface area contributed by atoms with Gasteiger partial charge in [0.1, 0.15) is 5.75 Å². The lowest BCUT2D eigenvalue weighted by molar-refractivity contribution is -0.144. The Bertz CT molecular complexity index is 1020. The number of halogens is 6. The van der Waals surface area contributed by atoms with Crippen LogP contribution in [0.2, 0.25) is 0 Å². The van der Waals surface area contributed by atoms with Crippen LogP contribution in [0.5, 0.6) is 5.75 Å². The molecular weight excluding hydrogens is 496 g/mol. The summed E-state index contributed by atoms with van der Waals surface area (Å²) in [7, 11) is 0. The zero-order chi connectivity index (χ0) is 26.7. The average Bonchev–Trinajstić information content (AvgIpc) is 2.88. The maximum atomic E-state index is 14.0. The molecule has 1 saturated heterocycles. The van der Waals surface area contributed by atoms with Crippen molar-refractivity contribution in [2.75, 3.05) is 26.3 Å². The molecule has 1 saturated carbocycles. The van der Waals surface area contributed by atoms with Gasteiger partial charge in [0.25, 0.3) is 0 Å². The molecule has 1 aliphatic heterocycles.